The van der Waals surface area contributed by atoms with Gasteiger partial charge in [0.2, 0.25) is 10.0 Å². The molecule has 140 valence electrons. The van der Waals surface area contributed by atoms with E-state index < -0.39 is 10.0 Å². The van der Waals surface area contributed by atoms with Crippen LogP contribution < -0.4 is 15.4 Å². The molecule has 0 spiro atoms. The number of halogens is 2. The highest BCUT2D eigenvalue weighted by molar-refractivity contribution is 7.89. The van der Waals surface area contributed by atoms with E-state index in [1.54, 1.807) is 19.1 Å². The van der Waals surface area contributed by atoms with Gasteiger partial charge in [-0.25, -0.2) is 13.6 Å². The van der Waals surface area contributed by atoms with E-state index in [4.69, 9.17) is 28.3 Å². The molecule has 0 aromatic heterocycles. The lowest BCUT2D eigenvalue weighted by atomic mass is 10.2. The van der Waals surface area contributed by atoms with Gasteiger partial charge >= 0.3 is 0 Å². The Kier molecular flexibility index (Phi) is 6.65. The Morgan fingerprint density at radius 3 is 2.35 bits per heavy atom. The Bertz CT molecular complexity index is 902. The van der Waals surface area contributed by atoms with Crippen molar-refractivity contribution < 1.29 is 18.1 Å². The number of carbonyl (C=O) groups excluding carboxylic acids is 1. The molecule has 1 amide bonds. The maximum Gasteiger partial charge on any atom is 0.282 e. The molecule has 0 saturated carbocycles. The van der Waals surface area contributed by atoms with Crippen LogP contribution in [0.25, 0.3) is 0 Å². The molecule has 2 rings (SSSR count). The zero-order chi connectivity index (χ0) is 19.5. The van der Waals surface area contributed by atoms with Crippen LogP contribution in [0.4, 0.5) is 5.69 Å². The van der Waals surface area contributed by atoms with Crippen LogP contribution in [0.3, 0.4) is 0 Å². The number of primary sulfonamides is 1. The number of carbonyl (C=O) groups is 1. The fraction of sp³-hybridized carbons (Fsp3) is 0.235. The standard InChI is InChI=1S/C17H19Cl2N3O3S/c1-11(22(2)10-12-3-4-13(18)9-16(12)19)17(23)21-14-5-7-15(8-6-14)26(20,24)25/h3-9,11H,10H2,1-2H3,(H,21,23)(H2,20,24,25)/p+1/t11-/m1/s1. The first-order valence-corrected chi connectivity index (χ1v) is 10.1. The third kappa shape index (κ3) is 5.43. The summed E-state index contributed by atoms with van der Waals surface area (Å²) in [5.41, 5.74) is 1.39. The summed E-state index contributed by atoms with van der Waals surface area (Å²) >= 11 is 12.1. The number of likely N-dealkylation sites (N-methyl/N-ethyl adjacent to an activating group) is 1. The predicted molar refractivity (Wildman–Crippen MR) is 103 cm³/mol. The third-order valence-electron chi connectivity index (χ3n) is 4.07. The monoisotopic (exact) mass is 416 g/mol. The highest BCUT2D eigenvalue weighted by Crippen LogP contribution is 2.20. The number of rotatable bonds is 6. The van der Waals surface area contributed by atoms with Gasteiger partial charge in [0.25, 0.3) is 5.91 Å². The molecular formula is C17H20Cl2N3O3S+. The summed E-state index contributed by atoms with van der Waals surface area (Å²) in [6.45, 7) is 2.35. The number of quaternary nitrogens is 1. The number of nitrogens with one attached hydrogen (secondary N) is 2. The van der Waals surface area contributed by atoms with E-state index in [0.29, 0.717) is 22.3 Å². The van der Waals surface area contributed by atoms with Crippen molar-refractivity contribution in [3.05, 3.63) is 58.1 Å². The van der Waals surface area contributed by atoms with Crippen LogP contribution in [0, 0.1) is 0 Å². The SMILES string of the molecule is C[C@H](C(=O)Nc1ccc(S(N)(=O)=O)cc1)[NH+](C)Cc1ccc(Cl)cc1Cl. The molecule has 2 aromatic rings. The highest BCUT2D eigenvalue weighted by atomic mass is 35.5. The van der Waals surface area contributed by atoms with Crippen molar-refractivity contribution in [3.8, 4) is 0 Å². The lowest BCUT2D eigenvalue weighted by Gasteiger charge is -2.21. The molecule has 1 unspecified atom stereocenters. The van der Waals surface area contributed by atoms with Gasteiger partial charge in [0.05, 0.1) is 17.0 Å². The van der Waals surface area contributed by atoms with Gasteiger partial charge in [0.1, 0.15) is 6.54 Å². The average Bonchev–Trinajstić information content (AvgIpc) is 2.56. The molecular weight excluding hydrogens is 397 g/mol. The summed E-state index contributed by atoms with van der Waals surface area (Å²) in [7, 11) is -1.87. The number of anilines is 1. The first-order valence-electron chi connectivity index (χ1n) is 7.78. The van der Waals surface area contributed by atoms with Gasteiger partial charge in [-0.3, -0.25) is 4.79 Å². The van der Waals surface area contributed by atoms with Crippen molar-refractivity contribution in [2.75, 3.05) is 12.4 Å². The van der Waals surface area contributed by atoms with Gasteiger partial charge in [0, 0.05) is 16.3 Å². The molecule has 9 heteroatoms. The van der Waals surface area contributed by atoms with E-state index in [-0.39, 0.29) is 16.8 Å². The third-order valence-corrected chi connectivity index (χ3v) is 5.58. The first kappa shape index (κ1) is 20.7. The van der Waals surface area contributed by atoms with Gasteiger partial charge in [0.15, 0.2) is 6.04 Å². The number of amides is 1. The van der Waals surface area contributed by atoms with Crippen molar-refractivity contribution in [2.24, 2.45) is 5.14 Å². The lowest BCUT2D eigenvalue weighted by Crippen LogP contribution is -3.12. The molecule has 0 aliphatic heterocycles. The quantitative estimate of drug-likeness (QED) is 0.668. The smallest absolute Gasteiger partial charge is 0.282 e. The molecule has 0 bridgehead atoms. The number of hydrogen-bond acceptors (Lipinski definition) is 3. The minimum atomic E-state index is -3.76. The van der Waals surface area contributed by atoms with Gasteiger partial charge in [-0.1, -0.05) is 29.3 Å². The van der Waals surface area contributed by atoms with Gasteiger partial charge in [-0.05, 0) is 43.3 Å². The van der Waals surface area contributed by atoms with Crippen molar-refractivity contribution in [2.45, 2.75) is 24.4 Å². The Morgan fingerprint density at radius 2 is 1.81 bits per heavy atom. The lowest BCUT2D eigenvalue weighted by molar-refractivity contribution is -0.907. The zero-order valence-electron chi connectivity index (χ0n) is 14.3. The second-order valence-corrected chi connectivity index (χ2v) is 8.44. The summed E-state index contributed by atoms with van der Waals surface area (Å²) in [4.78, 5) is 13.4. The van der Waals surface area contributed by atoms with Gasteiger partial charge < -0.3 is 10.2 Å². The predicted octanol–water partition coefficient (Wildman–Crippen LogP) is 1.68. The van der Waals surface area contributed by atoms with E-state index in [1.807, 2.05) is 13.1 Å². The first-order chi connectivity index (χ1) is 12.1. The summed E-state index contributed by atoms with van der Waals surface area (Å²) in [6, 6.07) is 10.6. The van der Waals surface area contributed by atoms with E-state index in [2.05, 4.69) is 5.32 Å². The molecule has 6 nitrogen and oxygen atoms in total. The van der Waals surface area contributed by atoms with Crippen molar-refractivity contribution >= 4 is 44.8 Å². The Morgan fingerprint density at radius 1 is 1.19 bits per heavy atom. The Balaban J connectivity index is 2.02. The Hall–Kier alpha value is -1.64. The topological polar surface area (TPSA) is 93.7 Å². The van der Waals surface area contributed by atoms with E-state index in [0.717, 1.165) is 10.5 Å². The van der Waals surface area contributed by atoms with Crippen LogP contribution in [0.2, 0.25) is 10.0 Å². The molecule has 4 N–H and O–H groups in total. The second-order valence-electron chi connectivity index (χ2n) is 6.04. The minimum Gasteiger partial charge on any atom is -0.324 e. The summed E-state index contributed by atoms with van der Waals surface area (Å²) in [5.74, 6) is -0.198. The molecule has 2 aromatic carbocycles. The molecule has 26 heavy (non-hydrogen) atoms. The van der Waals surface area contributed by atoms with Crippen LogP contribution in [-0.2, 0) is 21.4 Å². The molecule has 0 aliphatic carbocycles. The fourth-order valence-corrected chi connectivity index (χ4v) is 3.31. The highest BCUT2D eigenvalue weighted by Gasteiger charge is 2.23. The van der Waals surface area contributed by atoms with Crippen LogP contribution in [-0.4, -0.2) is 27.4 Å². The maximum absolute atomic E-state index is 12.4. The minimum absolute atomic E-state index is 0.0105. The number of sulfonamides is 1. The van der Waals surface area contributed by atoms with Crippen LogP contribution in [0.5, 0.6) is 0 Å². The largest absolute Gasteiger partial charge is 0.324 e. The summed E-state index contributed by atoms with van der Waals surface area (Å²) in [5, 5.41) is 8.93. The molecule has 0 saturated heterocycles. The van der Waals surface area contributed by atoms with Crippen LogP contribution in [0.1, 0.15) is 12.5 Å². The van der Waals surface area contributed by atoms with Crippen LogP contribution in [0.15, 0.2) is 47.4 Å². The number of benzene rings is 2. The summed E-state index contributed by atoms with van der Waals surface area (Å²) < 4.78 is 22.5. The maximum atomic E-state index is 12.4. The van der Waals surface area contributed by atoms with Gasteiger partial charge in [-0.15, -0.1) is 0 Å². The van der Waals surface area contributed by atoms with E-state index in [9.17, 15) is 13.2 Å². The second kappa shape index (κ2) is 8.37. The zero-order valence-corrected chi connectivity index (χ0v) is 16.6. The molecule has 2 atom stereocenters. The molecule has 0 heterocycles. The average molecular weight is 417 g/mol. The number of nitrogens with two attached hydrogens (primary N) is 1. The van der Waals surface area contributed by atoms with Crippen molar-refractivity contribution in [3.63, 3.8) is 0 Å². The normalized spacial score (nSPS) is 13.9. The summed E-state index contributed by atoms with van der Waals surface area (Å²) in [6.07, 6.45) is 0. The van der Waals surface area contributed by atoms with E-state index >= 15 is 0 Å². The molecule has 0 aliphatic rings. The number of hydrogen-bond donors (Lipinski definition) is 3. The Labute approximate surface area is 162 Å². The van der Waals surface area contributed by atoms with Crippen molar-refractivity contribution in [1.29, 1.82) is 0 Å². The molecule has 0 radical (unpaired) electrons. The van der Waals surface area contributed by atoms with Crippen LogP contribution >= 0.6 is 23.2 Å². The fourth-order valence-electron chi connectivity index (χ4n) is 2.32. The van der Waals surface area contributed by atoms with Crippen molar-refractivity contribution in [1.82, 2.24) is 0 Å². The van der Waals surface area contributed by atoms with E-state index in [1.165, 1.54) is 24.3 Å². The molecule has 0 fully saturated rings. The van der Waals surface area contributed by atoms with Gasteiger partial charge in [-0.2, -0.15) is 0 Å².